The van der Waals surface area contributed by atoms with Gasteiger partial charge in [0.25, 0.3) is 0 Å². The summed E-state index contributed by atoms with van der Waals surface area (Å²) in [7, 11) is 0. The molecule has 0 aliphatic heterocycles. The second-order valence-electron chi connectivity index (χ2n) is 2.15. The Labute approximate surface area is 80.8 Å². The van der Waals surface area contributed by atoms with Gasteiger partial charge in [-0.2, -0.15) is 0 Å². The summed E-state index contributed by atoms with van der Waals surface area (Å²) in [6.07, 6.45) is 3.87. The molecule has 0 radical (unpaired) electrons. The van der Waals surface area contributed by atoms with E-state index in [1.165, 1.54) is 9.13 Å². The van der Waals surface area contributed by atoms with E-state index in [0.29, 0.717) is 0 Å². The highest BCUT2D eigenvalue weighted by molar-refractivity contribution is 14.1. The average molecular weight is 256 g/mol. The van der Waals surface area contributed by atoms with E-state index < -0.39 is 0 Å². The highest BCUT2D eigenvalue weighted by Crippen LogP contribution is 2.07. The number of halogens is 1. The number of benzene rings is 1. The van der Waals surface area contributed by atoms with Crippen molar-refractivity contribution < 1.29 is 0 Å². The van der Waals surface area contributed by atoms with Crippen molar-refractivity contribution in [2.24, 2.45) is 0 Å². The molecule has 56 valence electrons. The number of rotatable bonds is 1. The third-order valence-corrected chi connectivity index (χ3v) is 2.01. The summed E-state index contributed by atoms with van der Waals surface area (Å²) in [5, 5.41) is 0. The molecule has 0 aliphatic carbocycles. The van der Waals surface area contributed by atoms with E-state index in [1.54, 1.807) is 0 Å². The van der Waals surface area contributed by atoms with Gasteiger partial charge in [-0.3, -0.25) is 0 Å². The molecule has 1 aromatic carbocycles. The third-order valence-electron chi connectivity index (χ3n) is 1.29. The molecule has 0 unspecified atom stereocenters. The van der Waals surface area contributed by atoms with Gasteiger partial charge in [0.05, 0.1) is 0 Å². The zero-order valence-electron chi connectivity index (χ0n) is 6.34. The molecule has 0 saturated carbocycles. The summed E-state index contributed by atoms with van der Waals surface area (Å²) in [5.41, 5.74) is 4.23. The van der Waals surface area contributed by atoms with Gasteiger partial charge in [-0.25, -0.2) is 0 Å². The zero-order valence-corrected chi connectivity index (χ0v) is 8.50. The van der Waals surface area contributed by atoms with Gasteiger partial charge in [0.2, 0.25) is 0 Å². The fourth-order valence-electron chi connectivity index (χ4n) is 0.739. The van der Waals surface area contributed by atoms with Gasteiger partial charge < -0.3 is 0 Å². The number of hydrogen-bond acceptors (Lipinski definition) is 0. The van der Waals surface area contributed by atoms with Gasteiger partial charge in [-0.05, 0) is 59.4 Å². The van der Waals surface area contributed by atoms with Crippen LogP contribution in [0.1, 0.15) is 12.5 Å². The van der Waals surface area contributed by atoms with E-state index in [0.717, 1.165) is 0 Å². The number of hydrogen-bond donors (Lipinski definition) is 0. The highest BCUT2D eigenvalue weighted by atomic mass is 127. The topological polar surface area (TPSA) is 0 Å². The molecule has 0 aliphatic rings. The van der Waals surface area contributed by atoms with E-state index in [9.17, 15) is 0 Å². The quantitative estimate of drug-likeness (QED) is 0.533. The molecule has 1 heteroatoms. The Kier molecular flexibility index (Phi) is 3.40. The van der Waals surface area contributed by atoms with Crippen LogP contribution in [0.4, 0.5) is 0 Å². The minimum atomic E-state index is 1.20. The van der Waals surface area contributed by atoms with E-state index >= 15 is 0 Å². The van der Waals surface area contributed by atoms with Crippen molar-refractivity contribution in [2.75, 3.05) is 0 Å². The van der Waals surface area contributed by atoms with Crippen molar-refractivity contribution >= 4 is 28.7 Å². The van der Waals surface area contributed by atoms with Crippen molar-refractivity contribution in [3.63, 3.8) is 0 Å². The maximum atomic E-state index is 3.03. The summed E-state index contributed by atoms with van der Waals surface area (Å²) in [6.45, 7) is 1.96. The summed E-state index contributed by atoms with van der Waals surface area (Å²) in [4.78, 5) is 0. The lowest BCUT2D eigenvalue weighted by molar-refractivity contribution is 1.61. The van der Waals surface area contributed by atoms with Crippen LogP contribution in [0.25, 0.3) is 6.08 Å². The van der Waals surface area contributed by atoms with Crippen molar-refractivity contribution in [3.8, 4) is 0 Å². The normalized spacial score (nSPS) is 8.55. The first-order valence-electron chi connectivity index (χ1n) is 3.45. The lowest BCUT2D eigenvalue weighted by Gasteiger charge is -1.90. The molecule has 0 nitrogen and oxygen atoms in total. The van der Waals surface area contributed by atoms with Crippen LogP contribution in [0, 0.1) is 3.57 Å². The molecular formula is C10H9I. The second kappa shape index (κ2) is 4.37. The maximum Gasteiger partial charge on any atom is 0.0130 e. The molecule has 0 saturated heterocycles. The van der Waals surface area contributed by atoms with E-state index in [2.05, 4.69) is 52.6 Å². The molecule has 0 spiro atoms. The lowest BCUT2D eigenvalue weighted by atomic mass is 10.2. The fraction of sp³-hybridized carbons (Fsp3) is 0.100. The summed E-state index contributed by atoms with van der Waals surface area (Å²) in [5.74, 6) is 0. The molecular weight excluding hydrogens is 247 g/mol. The molecule has 11 heavy (non-hydrogen) atoms. The van der Waals surface area contributed by atoms with Gasteiger partial charge in [0, 0.05) is 3.57 Å². The standard InChI is InChI=1S/C10H9I/c1-2-3-4-9-5-7-10(11)8-6-9/h2,4-8H,1H3. The minimum Gasteiger partial charge on any atom is -0.125 e. The fourth-order valence-corrected chi connectivity index (χ4v) is 1.10. The first kappa shape index (κ1) is 8.57. The summed E-state index contributed by atoms with van der Waals surface area (Å²) < 4.78 is 1.26. The Morgan fingerprint density at radius 3 is 2.45 bits per heavy atom. The summed E-state index contributed by atoms with van der Waals surface area (Å²) >= 11 is 2.29. The van der Waals surface area contributed by atoms with Crippen molar-refractivity contribution in [2.45, 2.75) is 6.92 Å². The predicted octanol–water partition coefficient (Wildman–Crippen LogP) is 3.48. The SMILES string of the molecule is CC=C=Cc1ccc(I)cc1. The van der Waals surface area contributed by atoms with Crippen LogP contribution in [0.15, 0.2) is 36.1 Å². The van der Waals surface area contributed by atoms with Crippen LogP contribution in [-0.4, -0.2) is 0 Å². The molecule has 0 atom stereocenters. The van der Waals surface area contributed by atoms with Crippen LogP contribution in [-0.2, 0) is 0 Å². The Morgan fingerprint density at radius 1 is 1.27 bits per heavy atom. The Hall–Kier alpha value is -0.530. The van der Waals surface area contributed by atoms with E-state index in [1.807, 2.05) is 19.1 Å². The largest absolute Gasteiger partial charge is 0.125 e. The molecule has 0 aromatic heterocycles. The van der Waals surface area contributed by atoms with Gasteiger partial charge in [-0.1, -0.05) is 12.1 Å². The van der Waals surface area contributed by atoms with Crippen molar-refractivity contribution in [1.82, 2.24) is 0 Å². The molecule has 0 N–H and O–H groups in total. The smallest absolute Gasteiger partial charge is 0.0130 e. The second-order valence-corrected chi connectivity index (χ2v) is 3.40. The molecule has 0 heterocycles. The third kappa shape index (κ3) is 2.91. The zero-order chi connectivity index (χ0) is 8.10. The first-order valence-corrected chi connectivity index (χ1v) is 4.53. The monoisotopic (exact) mass is 256 g/mol. The van der Waals surface area contributed by atoms with Crippen LogP contribution < -0.4 is 0 Å². The molecule has 0 fully saturated rings. The molecule has 1 aromatic rings. The average Bonchev–Trinajstić information content (AvgIpc) is 2.04. The minimum absolute atomic E-state index is 1.20. The lowest BCUT2D eigenvalue weighted by Crippen LogP contribution is -1.71. The molecule has 0 bridgehead atoms. The van der Waals surface area contributed by atoms with Crippen LogP contribution in [0.3, 0.4) is 0 Å². The van der Waals surface area contributed by atoms with Gasteiger partial charge >= 0.3 is 0 Å². The van der Waals surface area contributed by atoms with Crippen molar-refractivity contribution in [1.29, 1.82) is 0 Å². The summed E-state index contributed by atoms with van der Waals surface area (Å²) in [6, 6.07) is 8.34. The maximum absolute atomic E-state index is 3.03. The van der Waals surface area contributed by atoms with E-state index in [4.69, 9.17) is 0 Å². The van der Waals surface area contributed by atoms with Gasteiger partial charge in [0.1, 0.15) is 0 Å². The van der Waals surface area contributed by atoms with Crippen LogP contribution >= 0.6 is 22.6 Å². The molecule has 0 amide bonds. The Balaban J connectivity index is 2.90. The first-order chi connectivity index (χ1) is 5.33. The Morgan fingerprint density at radius 2 is 1.91 bits per heavy atom. The van der Waals surface area contributed by atoms with Crippen LogP contribution in [0.2, 0.25) is 0 Å². The molecule has 1 rings (SSSR count). The Bertz CT molecular complexity index is 276. The van der Waals surface area contributed by atoms with Crippen LogP contribution in [0.5, 0.6) is 0 Å². The number of allylic oxidation sites excluding steroid dienone is 1. The van der Waals surface area contributed by atoms with Gasteiger partial charge in [-0.15, -0.1) is 5.73 Å². The van der Waals surface area contributed by atoms with E-state index in [-0.39, 0.29) is 0 Å². The highest BCUT2D eigenvalue weighted by Gasteiger charge is 1.84. The van der Waals surface area contributed by atoms with Gasteiger partial charge in [0.15, 0.2) is 0 Å². The van der Waals surface area contributed by atoms with Crippen molar-refractivity contribution in [3.05, 3.63) is 45.2 Å². The predicted molar refractivity (Wildman–Crippen MR) is 57.4 cm³/mol.